The van der Waals surface area contributed by atoms with Gasteiger partial charge in [0.2, 0.25) is 0 Å². The van der Waals surface area contributed by atoms with Gasteiger partial charge in [0, 0.05) is 23.5 Å². The van der Waals surface area contributed by atoms with Crippen LogP contribution in [0.3, 0.4) is 0 Å². The zero-order chi connectivity index (χ0) is 13.5. The zero-order valence-electron chi connectivity index (χ0n) is 11.7. The normalized spacial score (nSPS) is 9.89. The van der Waals surface area contributed by atoms with Gasteiger partial charge in [-0.25, -0.2) is 9.97 Å². The molecule has 2 aromatic rings. The summed E-state index contributed by atoms with van der Waals surface area (Å²) in [5.41, 5.74) is 2.03. The first-order valence-electron chi connectivity index (χ1n) is 6.26. The summed E-state index contributed by atoms with van der Waals surface area (Å²) >= 11 is 0. The Kier molecular flexibility index (Phi) is 5.30. The van der Waals surface area contributed by atoms with E-state index in [0.717, 1.165) is 23.0 Å². The smallest absolute Gasteiger partial charge is 0.153 e. The van der Waals surface area contributed by atoms with Crippen LogP contribution in [0, 0.1) is 6.92 Å². The summed E-state index contributed by atoms with van der Waals surface area (Å²) in [5.74, 6) is 1.93. The second-order valence-corrected chi connectivity index (χ2v) is 4.04. The molecule has 5 nitrogen and oxygen atoms in total. The summed E-state index contributed by atoms with van der Waals surface area (Å²) in [6, 6.07) is 3.87. The Morgan fingerprint density at radius 3 is 2.39 bits per heavy atom. The topological polar surface area (TPSA) is 66.5 Å². The summed E-state index contributed by atoms with van der Waals surface area (Å²) in [6.45, 7) is 10.2. The maximum Gasteiger partial charge on any atom is 0.153 e. The maximum atomic E-state index is 4.21. The first-order chi connectivity index (χ1) is 8.65. The number of anilines is 2. The third kappa shape index (κ3) is 3.84. The minimum absolute atomic E-state index is 0.393. The van der Waals surface area contributed by atoms with Crippen molar-refractivity contribution in [1.29, 1.82) is 0 Å². The summed E-state index contributed by atoms with van der Waals surface area (Å²) in [7, 11) is 0. The van der Waals surface area contributed by atoms with Crippen LogP contribution in [0.15, 0.2) is 18.5 Å². The summed E-state index contributed by atoms with van der Waals surface area (Å²) in [4.78, 5) is 8.36. The third-order valence-electron chi connectivity index (χ3n) is 2.24. The van der Waals surface area contributed by atoms with Crippen LogP contribution in [0.5, 0.6) is 0 Å². The van der Waals surface area contributed by atoms with E-state index in [9.17, 15) is 0 Å². The first kappa shape index (κ1) is 14.2. The fourth-order valence-corrected chi connectivity index (χ4v) is 1.37. The van der Waals surface area contributed by atoms with Crippen LogP contribution >= 0.6 is 0 Å². The van der Waals surface area contributed by atoms with Crippen molar-refractivity contribution in [2.24, 2.45) is 0 Å². The molecule has 0 aliphatic rings. The Hall–Kier alpha value is -1.91. The van der Waals surface area contributed by atoms with Gasteiger partial charge in [0.05, 0.1) is 0 Å². The summed E-state index contributed by atoms with van der Waals surface area (Å²) < 4.78 is 0. The van der Waals surface area contributed by atoms with Gasteiger partial charge in [-0.15, -0.1) is 0 Å². The molecule has 5 heteroatoms. The lowest BCUT2D eigenvalue weighted by Crippen LogP contribution is -1.98. The molecule has 98 valence electrons. The molecule has 0 aromatic carbocycles. The molecule has 0 bridgehead atoms. The highest BCUT2D eigenvalue weighted by Crippen LogP contribution is 2.16. The molecule has 0 aliphatic heterocycles. The number of nitrogens with one attached hydrogen (secondary N) is 2. The monoisotopic (exact) mass is 247 g/mol. The highest BCUT2D eigenvalue weighted by Gasteiger charge is 2.04. The molecule has 2 rings (SSSR count). The molecule has 0 saturated carbocycles. The number of aromatic amines is 1. The van der Waals surface area contributed by atoms with Crippen LogP contribution in [0.2, 0.25) is 0 Å². The minimum Gasteiger partial charge on any atom is -0.323 e. The van der Waals surface area contributed by atoms with Crippen LogP contribution in [0.4, 0.5) is 11.6 Å². The lowest BCUT2D eigenvalue weighted by atomic mass is 10.1. The predicted molar refractivity (Wildman–Crippen MR) is 74.1 cm³/mol. The Morgan fingerprint density at radius 2 is 1.83 bits per heavy atom. The van der Waals surface area contributed by atoms with Crippen LogP contribution in [-0.4, -0.2) is 20.2 Å². The summed E-state index contributed by atoms with van der Waals surface area (Å²) in [5, 5.41) is 10.1. The second kappa shape index (κ2) is 6.74. The van der Waals surface area contributed by atoms with E-state index >= 15 is 0 Å². The SMILES string of the molecule is CC.Cc1cc(Nc2cc(C(C)C)ncn2)n[nH]1. The molecule has 0 aliphatic carbocycles. The van der Waals surface area contributed by atoms with E-state index in [1.807, 2.05) is 32.9 Å². The molecule has 0 radical (unpaired) electrons. The lowest BCUT2D eigenvalue weighted by molar-refractivity contribution is 0.815. The van der Waals surface area contributed by atoms with Gasteiger partial charge in [-0.3, -0.25) is 5.10 Å². The van der Waals surface area contributed by atoms with Gasteiger partial charge in [-0.2, -0.15) is 5.10 Å². The third-order valence-corrected chi connectivity index (χ3v) is 2.24. The van der Waals surface area contributed by atoms with Gasteiger partial charge in [0.1, 0.15) is 12.1 Å². The molecule has 0 amide bonds. The summed E-state index contributed by atoms with van der Waals surface area (Å²) in [6.07, 6.45) is 1.57. The number of rotatable bonds is 3. The molecule has 0 fully saturated rings. The van der Waals surface area contributed by atoms with Crippen molar-refractivity contribution >= 4 is 11.6 Å². The molecule has 0 spiro atoms. The number of aryl methyl sites for hydroxylation is 1. The van der Waals surface area contributed by atoms with E-state index in [0.29, 0.717) is 5.92 Å². The largest absolute Gasteiger partial charge is 0.323 e. The first-order valence-corrected chi connectivity index (χ1v) is 6.26. The standard InChI is InChI=1S/C11H15N5.C2H6/c1-7(2)9-5-10(13-6-12-9)14-11-4-8(3)15-16-11;1-2/h4-7H,1-3H3,(H2,12,13,14,15,16);1-2H3. The Labute approximate surface area is 108 Å². The van der Waals surface area contributed by atoms with Crippen LogP contribution in [-0.2, 0) is 0 Å². The van der Waals surface area contributed by atoms with Crippen molar-refractivity contribution in [2.75, 3.05) is 5.32 Å². The Morgan fingerprint density at radius 1 is 1.11 bits per heavy atom. The average molecular weight is 247 g/mol. The fourth-order valence-electron chi connectivity index (χ4n) is 1.37. The number of nitrogens with zero attached hydrogens (tertiary/aromatic N) is 3. The second-order valence-electron chi connectivity index (χ2n) is 4.04. The van der Waals surface area contributed by atoms with E-state index in [4.69, 9.17) is 0 Å². The lowest BCUT2D eigenvalue weighted by Gasteiger charge is -2.06. The van der Waals surface area contributed by atoms with Crippen molar-refractivity contribution in [2.45, 2.75) is 40.5 Å². The number of hydrogen-bond acceptors (Lipinski definition) is 4. The molecular formula is C13H21N5. The van der Waals surface area contributed by atoms with E-state index in [1.54, 1.807) is 6.33 Å². The van der Waals surface area contributed by atoms with Crippen molar-refractivity contribution < 1.29 is 0 Å². The average Bonchev–Trinajstić information content (AvgIpc) is 2.77. The maximum absolute atomic E-state index is 4.21. The highest BCUT2D eigenvalue weighted by atomic mass is 15.2. The van der Waals surface area contributed by atoms with Gasteiger partial charge in [0.25, 0.3) is 0 Å². The molecule has 0 atom stereocenters. The van der Waals surface area contributed by atoms with Crippen molar-refractivity contribution in [1.82, 2.24) is 20.2 Å². The molecule has 2 N–H and O–H groups in total. The van der Waals surface area contributed by atoms with Crippen LogP contribution in [0.25, 0.3) is 0 Å². The zero-order valence-corrected chi connectivity index (χ0v) is 11.7. The number of hydrogen-bond donors (Lipinski definition) is 2. The minimum atomic E-state index is 0.393. The van der Waals surface area contributed by atoms with Crippen molar-refractivity contribution in [3.8, 4) is 0 Å². The number of H-pyrrole nitrogens is 1. The van der Waals surface area contributed by atoms with E-state index in [-0.39, 0.29) is 0 Å². The molecule has 0 saturated heterocycles. The predicted octanol–water partition coefficient (Wildman–Crippen LogP) is 3.40. The van der Waals surface area contributed by atoms with E-state index < -0.39 is 0 Å². The van der Waals surface area contributed by atoms with Crippen LogP contribution in [0.1, 0.15) is 45.0 Å². The highest BCUT2D eigenvalue weighted by molar-refractivity contribution is 5.51. The van der Waals surface area contributed by atoms with Gasteiger partial charge >= 0.3 is 0 Å². The quantitative estimate of drug-likeness (QED) is 0.872. The van der Waals surface area contributed by atoms with Gasteiger partial charge < -0.3 is 5.32 Å². The van der Waals surface area contributed by atoms with E-state index in [1.165, 1.54) is 0 Å². The fraction of sp³-hybridized carbons (Fsp3) is 0.462. The van der Waals surface area contributed by atoms with Gasteiger partial charge in [0.15, 0.2) is 5.82 Å². The molecule has 2 heterocycles. The van der Waals surface area contributed by atoms with Gasteiger partial charge in [-0.05, 0) is 12.8 Å². The van der Waals surface area contributed by atoms with Gasteiger partial charge in [-0.1, -0.05) is 27.7 Å². The van der Waals surface area contributed by atoms with E-state index in [2.05, 4.69) is 39.3 Å². The van der Waals surface area contributed by atoms with Crippen molar-refractivity contribution in [3.05, 3.63) is 29.8 Å². The molecule has 18 heavy (non-hydrogen) atoms. The Bertz CT molecular complexity index is 476. The molecule has 0 unspecified atom stereocenters. The number of aromatic nitrogens is 4. The Balaban J connectivity index is 0.000000771. The molecule has 2 aromatic heterocycles. The molecular weight excluding hydrogens is 226 g/mol. The van der Waals surface area contributed by atoms with Crippen molar-refractivity contribution in [3.63, 3.8) is 0 Å². The van der Waals surface area contributed by atoms with Crippen LogP contribution < -0.4 is 5.32 Å².